The maximum absolute atomic E-state index is 13.0. The van der Waals surface area contributed by atoms with E-state index >= 15 is 0 Å². The lowest BCUT2D eigenvalue weighted by Gasteiger charge is -2.17. The molecule has 2 heteroatoms. The van der Waals surface area contributed by atoms with Crippen molar-refractivity contribution in [2.75, 3.05) is 0 Å². The average Bonchev–Trinajstić information content (AvgIpc) is 2.70. The monoisotopic (exact) mass is 414 g/mol. The number of halogens is 1. The van der Waals surface area contributed by atoms with Crippen molar-refractivity contribution >= 4 is 0 Å². The summed E-state index contributed by atoms with van der Waals surface area (Å²) in [5.74, 6) is 0.388. The van der Waals surface area contributed by atoms with Crippen molar-refractivity contribution in [3.8, 4) is 0 Å². The van der Waals surface area contributed by atoms with Gasteiger partial charge in [-0.2, -0.15) is 0 Å². The predicted molar refractivity (Wildman–Crippen MR) is 128 cm³/mol. The molecule has 0 heterocycles. The Labute approximate surface area is 183 Å². The van der Waals surface area contributed by atoms with Gasteiger partial charge in [0.1, 0.15) is 0 Å². The van der Waals surface area contributed by atoms with E-state index in [-0.39, 0.29) is 0 Å². The summed E-state index contributed by atoms with van der Waals surface area (Å²) < 4.78 is 13.0. The molecular formula is C27H55FO. The minimum atomic E-state index is -1.62. The molecule has 29 heavy (non-hydrogen) atoms. The summed E-state index contributed by atoms with van der Waals surface area (Å²) in [5, 5.41) is 9.12. The van der Waals surface area contributed by atoms with Gasteiger partial charge in [-0.15, -0.1) is 0 Å². The molecule has 2 atom stereocenters. The number of hydrogen-bond acceptors (Lipinski definition) is 1. The topological polar surface area (TPSA) is 20.2 Å². The molecule has 0 amide bonds. The minimum Gasteiger partial charge on any atom is -0.364 e. The molecule has 176 valence electrons. The molecule has 0 aromatic carbocycles. The van der Waals surface area contributed by atoms with E-state index in [2.05, 4.69) is 13.8 Å². The summed E-state index contributed by atoms with van der Waals surface area (Å²) in [6.45, 7) is 4.52. The molecule has 0 saturated heterocycles. The third kappa shape index (κ3) is 24.0. The summed E-state index contributed by atoms with van der Waals surface area (Å²) in [4.78, 5) is 0. The second-order valence-electron chi connectivity index (χ2n) is 9.48. The molecule has 1 N–H and O–H groups in total. The first kappa shape index (κ1) is 28.9. The summed E-state index contributed by atoms with van der Waals surface area (Å²) >= 11 is 0. The summed E-state index contributed by atoms with van der Waals surface area (Å²) in [5.41, 5.74) is 0. The maximum atomic E-state index is 13.0. The van der Waals surface area contributed by atoms with Gasteiger partial charge in [0.15, 0.2) is 6.36 Å². The lowest BCUT2D eigenvalue weighted by atomic mass is 9.91. The van der Waals surface area contributed by atoms with Crippen molar-refractivity contribution in [2.24, 2.45) is 5.92 Å². The Hall–Kier alpha value is -0.110. The van der Waals surface area contributed by atoms with Crippen LogP contribution in [0.25, 0.3) is 0 Å². The molecule has 0 aromatic rings. The predicted octanol–water partition coefficient (Wildman–Crippen LogP) is 9.90. The van der Waals surface area contributed by atoms with Gasteiger partial charge in [-0.25, -0.2) is 4.39 Å². The number of alkyl halides is 1. The Bertz CT molecular complexity index is 292. The third-order valence-corrected chi connectivity index (χ3v) is 6.46. The van der Waals surface area contributed by atoms with Crippen LogP contribution >= 0.6 is 0 Å². The van der Waals surface area contributed by atoms with E-state index in [1.165, 1.54) is 128 Å². The number of aliphatic hydroxyl groups is 1. The van der Waals surface area contributed by atoms with E-state index in [4.69, 9.17) is 5.11 Å². The molecule has 0 bridgehead atoms. The van der Waals surface area contributed by atoms with Gasteiger partial charge in [0.05, 0.1) is 0 Å². The fourth-order valence-electron chi connectivity index (χ4n) is 4.50. The Morgan fingerprint density at radius 3 is 1.03 bits per heavy atom. The number of unbranched alkanes of at least 4 members (excludes halogenated alkanes) is 18. The van der Waals surface area contributed by atoms with Crippen molar-refractivity contribution < 1.29 is 9.50 Å². The second-order valence-corrected chi connectivity index (χ2v) is 9.48. The van der Waals surface area contributed by atoms with Crippen molar-refractivity contribution in [3.05, 3.63) is 0 Å². The zero-order chi connectivity index (χ0) is 21.4. The Kier molecular flexibility index (Phi) is 24.1. The van der Waals surface area contributed by atoms with Crippen molar-refractivity contribution in [2.45, 2.75) is 168 Å². The van der Waals surface area contributed by atoms with Gasteiger partial charge < -0.3 is 5.11 Å². The van der Waals surface area contributed by atoms with Crippen LogP contribution in [-0.4, -0.2) is 11.5 Å². The molecule has 1 nitrogen and oxygen atoms in total. The largest absolute Gasteiger partial charge is 0.364 e. The van der Waals surface area contributed by atoms with Gasteiger partial charge in [-0.05, 0) is 5.92 Å². The molecule has 0 aliphatic rings. The highest BCUT2D eigenvalue weighted by Crippen LogP contribution is 2.24. The SMILES string of the molecule is CCCCCCCCCCCCCCCCCC(CCCCCCC)CC(O)F. The molecule has 0 aliphatic carbocycles. The van der Waals surface area contributed by atoms with Crippen LogP contribution in [-0.2, 0) is 0 Å². The molecule has 0 aliphatic heterocycles. The van der Waals surface area contributed by atoms with E-state index in [0.29, 0.717) is 12.3 Å². The highest BCUT2D eigenvalue weighted by atomic mass is 19.1. The quantitative estimate of drug-likeness (QED) is 0.156. The molecule has 2 unspecified atom stereocenters. The fraction of sp³-hybridized carbons (Fsp3) is 1.00. The van der Waals surface area contributed by atoms with E-state index in [1.54, 1.807) is 0 Å². The Morgan fingerprint density at radius 2 is 0.759 bits per heavy atom. The first-order chi connectivity index (χ1) is 14.2. The zero-order valence-electron chi connectivity index (χ0n) is 20.2. The molecule has 0 spiro atoms. The number of aliphatic hydroxyl groups excluding tert-OH is 1. The van der Waals surface area contributed by atoms with Crippen LogP contribution in [0.4, 0.5) is 4.39 Å². The van der Waals surface area contributed by atoms with Crippen molar-refractivity contribution in [1.82, 2.24) is 0 Å². The van der Waals surface area contributed by atoms with Gasteiger partial charge in [0.25, 0.3) is 0 Å². The van der Waals surface area contributed by atoms with E-state index in [1.807, 2.05) is 0 Å². The fourth-order valence-corrected chi connectivity index (χ4v) is 4.50. The van der Waals surface area contributed by atoms with Gasteiger partial charge in [-0.3, -0.25) is 0 Å². The normalized spacial score (nSPS) is 13.7. The van der Waals surface area contributed by atoms with E-state index < -0.39 is 6.36 Å². The van der Waals surface area contributed by atoms with Crippen molar-refractivity contribution in [1.29, 1.82) is 0 Å². The lowest BCUT2D eigenvalue weighted by molar-refractivity contribution is 0.0169. The molecule has 0 radical (unpaired) electrons. The highest BCUT2D eigenvalue weighted by Gasteiger charge is 2.13. The first-order valence-electron chi connectivity index (χ1n) is 13.5. The number of rotatable bonds is 24. The third-order valence-electron chi connectivity index (χ3n) is 6.46. The summed E-state index contributed by atoms with van der Waals surface area (Å²) in [6, 6.07) is 0. The van der Waals surface area contributed by atoms with Gasteiger partial charge >= 0.3 is 0 Å². The smallest absolute Gasteiger partial charge is 0.196 e. The van der Waals surface area contributed by atoms with Gasteiger partial charge in [0, 0.05) is 6.42 Å². The molecule has 0 fully saturated rings. The van der Waals surface area contributed by atoms with Crippen LogP contribution in [0, 0.1) is 5.92 Å². The molecule has 0 aromatic heterocycles. The highest BCUT2D eigenvalue weighted by molar-refractivity contribution is 4.62. The van der Waals surface area contributed by atoms with Crippen LogP contribution < -0.4 is 0 Å². The van der Waals surface area contributed by atoms with Crippen LogP contribution in [0.15, 0.2) is 0 Å². The van der Waals surface area contributed by atoms with Crippen LogP contribution in [0.3, 0.4) is 0 Å². The standard InChI is InChI=1S/C27H55FO/c1-3-5-7-9-10-11-12-13-14-15-16-17-18-20-22-24-26(25-27(28)29)23-21-19-8-6-4-2/h26-27,29H,3-25H2,1-2H3. The average molecular weight is 415 g/mol. The maximum Gasteiger partial charge on any atom is 0.196 e. The zero-order valence-corrected chi connectivity index (χ0v) is 20.2. The Morgan fingerprint density at radius 1 is 0.483 bits per heavy atom. The van der Waals surface area contributed by atoms with E-state index in [0.717, 1.165) is 12.8 Å². The Balaban J connectivity index is 3.41. The van der Waals surface area contributed by atoms with Gasteiger partial charge in [0.2, 0.25) is 0 Å². The van der Waals surface area contributed by atoms with Crippen LogP contribution in [0.5, 0.6) is 0 Å². The molecule has 0 rings (SSSR count). The summed E-state index contributed by atoms with van der Waals surface area (Å²) in [6.07, 6.45) is 28.1. The minimum absolute atomic E-state index is 0.354. The van der Waals surface area contributed by atoms with Gasteiger partial charge in [-0.1, -0.05) is 155 Å². The van der Waals surface area contributed by atoms with Crippen LogP contribution in [0.2, 0.25) is 0 Å². The molecular weight excluding hydrogens is 359 g/mol. The first-order valence-corrected chi connectivity index (χ1v) is 13.5. The summed E-state index contributed by atoms with van der Waals surface area (Å²) in [7, 11) is 0. The van der Waals surface area contributed by atoms with Crippen molar-refractivity contribution in [3.63, 3.8) is 0 Å². The molecule has 0 saturated carbocycles. The van der Waals surface area contributed by atoms with Crippen LogP contribution in [0.1, 0.15) is 162 Å². The lowest BCUT2D eigenvalue weighted by Crippen LogP contribution is -2.09. The van der Waals surface area contributed by atoms with E-state index in [9.17, 15) is 4.39 Å². The second kappa shape index (κ2) is 24.2. The number of hydrogen-bond donors (Lipinski definition) is 1.